The number of carbonyl (C=O) groups is 3. The SMILES string of the molecule is CCOC(=O)c1ccn(-c2cccc(NC(=O)COc3ccc(C(C)=O)cc3)c2)n1. The summed E-state index contributed by atoms with van der Waals surface area (Å²) in [5.74, 6) is -0.373. The summed E-state index contributed by atoms with van der Waals surface area (Å²) in [5, 5.41) is 6.95. The molecular weight excluding hydrogens is 386 g/mol. The van der Waals surface area contributed by atoms with Gasteiger partial charge in [-0.25, -0.2) is 9.48 Å². The highest BCUT2D eigenvalue weighted by atomic mass is 16.5. The second-order valence-corrected chi connectivity index (χ2v) is 6.33. The molecule has 0 aliphatic rings. The maximum Gasteiger partial charge on any atom is 0.358 e. The van der Waals surface area contributed by atoms with Crippen LogP contribution in [-0.4, -0.2) is 40.7 Å². The van der Waals surface area contributed by atoms with Crippen LogP contribution in [0.1, 0.15) is 34.7 Å². The first kappa shape index (κ1) is 20.8. The van der Waals surface area contributed by atoms with Gasteiger partial charge >= 0.3 is 5.97 Å². The van der Waals surface area contributed by atoms with E-state index >= 15 is 0 Å². The summed E-state index contributed by atoms with van der Waals surface area (Å²) in [6.45, 7) is 3.30. The third kappa shape index (κ3) is 5.32. The van der Waals surface area contributed by atoms with E-state index in [2.05, 4.69) is 10.4 Å². The molecule has 1 N–H and O–H groups in total. The second-order valence-electron chi connectivity index (χ2n) is 6.33. The number of aromatic nitrogens is 2. The highest BCUT2D eigenvalue weighted by molar-refractivity contribution is 5.94. The fourth-order valence-electron chi connectivity index (χ4n) is 2.64. The highest BCUT2D eigenvalue weighted by Crippen LogP contribution is 2.16. The number of hydrogen-bond donors (Lipinski definition) is 1. The lowest BCUT2D eigenvalue weighted by Crippen LogP contribution is -2.20. The molecule has 30 heavy (non-hydrogen) atoms. The molecule has 0 radical (unpaired) electrons. The molecule has 0 atom stereocenters. The van der Waals surface area contributed by atoms with Gasteiger partial charge in [0.2, 0.25) is 0 Å². The number of nitrogens with zero attached hydrogens (tertiary/aromatic N) is 2. The predicted octanol–water partition coefficient (Wildman–Crippen LogP) is 3.27. The van der Waals surface area contributed by atoms with Crippen molar-refractivity contribution in [2.45, 2.75) is 13.8 Å². The van der Waals surface area contributed by atoms with E-state index < -0.39 is 5.97 Å². The number of amides is 1. The lowest BCUT2D eigenvalue weighted by molar-refractivity contribution is -0.118. The largest absolute Gasteiger partial charge is 0.484 e. The average Bonchev–Trinajstić information content (AvgIpc) is 3.23. The fraction of sp³-hybridized carbons (Fsp3) is 0.182. The van der Waals surface area contributed by atoms with Crippen LogP contribution >= 0.6 is 0 Å². The van der Waals surface area contributed by atoms with Crippen molar-refractivity contribution in [3.8, 4) is 11.4 Å². The number of rotatable bonds is 8. The standard InChI is InChI=1S/C22H21N3O5/c1-3-29-22(28)20-11-12-25(24-20)18-6-4-5-17(13-18)23-21(27)14-30-19-9-7-16(8-10-19)15(2)26/h4-13H,3,14H2,1-2H3,(H,23,27). The smallest absolute Gasteiger partial charge is 0.358 e. The molecule has 0 bridgehead atoms. The van der Waals surface area contributed by atoms with Crippen LogP contribution in [0.25, 0.3) is 5.69 Å². The number of Topliss-reactive ketones (excluding diaryl/α,β-unsaturated/α-hetero) is 1. The van der Waals surface area contributed by atoms with Gasteiger partial charge in [-0.2, -0.15) is 5.10 Å². The molecule has 0 unspecified atom stereocenters. The summed E-state index contributed by atoms with van der Waals surface area (Å²) in [7, 11) is 0. The number of nitrogens with one attached hydrogen (secondary N) is 1. The predicted molar refractivity (Wildman–Crippen MR) is 110 cm³/mol. The van der Waals surface area contributed by atoms with Gasteiger partial charge in [-0.3, -0.25) is 9.59 Å². The molecule has 8 nitrogen and oxygen atoms in total. The quantitative estimate of drug-likeness (QED) is 0.454. The van der Waals surface area contributed by atoms with Crippen LogP contribution in [0.5, 0.6) is 5.75 Å². The van der Waals surface area contributed by atoms with Crippen LogP contribution in [0.2, 0.25) is 0 Å². The summed E-state index contributed by atoms with van der Waals surface area (Å²) in [6, 6.07) is 15.2. The van der Waals surface area contributed by atoms with Gasteiger partial charge in [0.05, 0.1) is 12.3 Å². The molecule has 0 spiro atoms. The van der Waals surface area contributed by atoms with Crippen molar-refractivity contribution in [2.24, 2.45) is 0 Å². The maximum atomic E-state index is 12.2. The van der Waals surface area contributed by atoms with Crippen molar-refractivity contribution in [1.82, 2.24) is 9.78 Å². The third-order valence-electron chi connectivity index (χ3n) is 4.10. The van der Waals surface area contributed by atoms with Crippen molar-refractivity contribution in [2.75, 3.05) is 18.5 Å². The van der Waals surface area contributed by atoms with Crippen LogP contribution in [0, 0.1) is 0 Å². The van der Waals surface area contributed by atoms with E-state index in [4.69, 9.17) is 9.47 Å². The zero-order valence-electron chi connectivity index (χ0n) is 16.6. The maximum absolute atomic E-state index is 12.2. The minimum absolute atomic E-state index is 0.0364. The van der Waals surface area contributed by atoms with Crippen molar-refractivity contribution in [3.63, 3.8) is 0 Å². The Morgan fingerprint density at radius 1 is 1.07 bits per heavy atom. The van der Waals surface area contributed by atoms with Crippen LogP contribution in [0.4, 0.5) is 5.69 Å². The average molecular weight is 407 g/mol. The van der Waals surface area contributed by atoms with Crippen LogP contribution < -0.4 is 10.1 Å². The number of anilines is 1. The summed E-state index contributed by atoms with van der Waals surface area (Å²) >= 11 is 0. The van der Waals surface area contributed by atoms with Gasteiger partial charge in [0.1, 0.15) is 5.75 Å². The molecule has 154 valence electrons. The van der Waals surface area contributed by atoms with Gasteiger partial charge in [0.15, 0.2) is 18.1 Å². The van der Waals surface area contributed by atoms with Crippen LogP contribution in [0.15, 0.2) is 60.8 Å². The Morgan fingerprint density at radius 3 is 2.53 bits per heavy atom. The molecule has 0 aliphatic carbocycles. The third-order valence-corrected chi connectivity index (χ3v) is 4.10. The van der Waals surface area contributed by atoms with Gasteiger partial charge in [-0.1, -0.05) is 6.07 Å². The lowest BCUT2D eigenvalue weighted by atomic mass is 10.1. The zero-order valence-corrected chi connectivity index (χ0v) is 16.6. The molecule has 1 heterocycles. The van der Waals surface area contributed by atoms with E-state index in [9.17, 15) is 14.4 Å². The Balaban J connectivity index is 1.60. The fourth-order valence-corrected chi connectivity index (χ4v) is 2.64. The normalized spacial score (nSPS) is 10.3. The first-order valence-corrected chi connectivity index (χ1v) is 9.33. The number of ether oxygens (including phenoxy) is 2. The summed E-state index contributed by atoms with van der Waals surface area (Å²) < 4.78 is 11.9. The number of esters is 1. The van der Waals surface area contributed by atoms with Crippen LogP contribution in [0.3, 0.4) is 0 Å². The Hall–Kier alpha value is -3.94. The monoisotopic (exact) mass is 407 g/mol. The van der Waals surface area contributed by atoms with E-state index in [0.717, 1.165) is 0 Å². The zero-order chi connectivity index (χ0) is 21.5. The number of ketones is 1. The Bertz CT molecular complexity index is 1060. The topological polar surface area (TPSA) is 99.5 Å². The molecule has 1 amide bonds. The molecule has 3 rings (SSSR count). The van der Waals surface area contributed by atoms with Crippen molar-refractivity contribution in [1.29, 1.82) is 0 Å². The summed E-state index contributed by atoms with van der Waals surface area (Å²) in [4.78, 5) is 35.2. The van der Waals surface area contributed by atoms with Crippen LogP contribution in [-0.2, 0) is 9.53 Å². The molecule has 0 fully saturated rings. The summed E-state index contributed by atoms with van der Waals surface area (Å²) in [5.41, 5.74) is 2.01. The van der Waals surface area contributed by atoms with Crippen molar-refractivity contribution >= 4 is 23.3 Å². The Labute approximate surface area is 173 Å². The minimum Gasteiger partial charge on any atom is -0.484 e. The minimum atomic E-state index is -0.491. The molecule has 0 saturated carbocycles. The summed E-state index contributed by atoms with van der Waals surface area (Å²) in [6.07, 6.45) is 1.64. The van der Waals surface area contributed by atoms with Gasteiger partial charge in [-0.05, 0) is 62.4 Å². The molecule has 3 aromatic rings. The highest BCUT2D eigenvalue weighted by Gasteiger charge is 2.11. The van der Waals surface area contributed by atoms with Crippen molar-refractivity contribution in [3.05, 3.63) is 72.1 Å². The van der Waals surface area contributed by atoms with E-state index in [-0.39, 0.29) is 30.6 Å². The number of carbonyl (C=O) groups excluding carboxylic acids is 3. The molecule has 8 heteroatoms. The molecular formula is C22H21N3O5. The van der Waals surface area contributed by atoms with E-state index in [1.54, 1.807) is 67.7 Å². The second kappa shape index (κ2) is 9.51. The molecule has 0 saturated heterocycles. The van der Waals surface area contributed by atoms with E-state index in [0.29, 0.717) is 22.7 Å². The molecule has 0 aliphatic heterocycles. The first-order valence-electron chi connectivity index (χ1n) is 9.33. The van der Waals surface area contributed by atoms with Gasteiger partial charge in [0, 0.05) is 17.4 Å². The van der Waals surface area contributed by atoms with Gasteiger partial charge in [-0.15, -0.1) is 0 Å². The number of hydrogen-bond acceptors (Lipinski definition) is 6. The molecule has 2 aromatic carbocycles. The van der Waals surface area contributed by atoms with Gasteiger partial charge in [0.25, 0.3) is 5.91 Å². The van der Waals surface area contributed by atoms with E-state index in [1.165, 1.54) is 11.6 Å². The molecule has 1 aromatic heterocycles. The lowest BCUT2D eigenvalue weighted by Gasteiger charge is -2.09. The van der Waals surface area contributed by atoms with Gasteiger partial charge < -0.3 is 14.8 Å². The number of benzene rings is 2. The Kier molecular flexibility index (Phi) is 6.59. The van der Waals surface area contributed by atoms with E-state index in [1.807, 2.05) is 0 Å². The Morgan fingerprint density at radius 2 is 1.83 bits per heavy atom. The first-order chi connectivity index (χ1) is 14.5. The van der Waals surface area contributed by atoms with Crippen molar-refractivity contribution < 1.29 is 23.9 Å².